The van der Waals surface area contributed by atoms with E-state index in [0.717, 1.165) is 38.2 Å². The number of nitrogens with zero attached hydrogens (tertiary/aromatic N) is 3. The number of hydrogen-bond acceptors (Lipinski definition) is 11. The smallest absolute Gasteiger partial charge is 0.355 e. The summed E-state index contributed by atoms with van der Waals surface area (Å²) in [6.45, 7) is -2.69. The van der Waals surface area contributed by atoms with E-state index in [-0.39, 0.29) is 23.7 Å². The molecule has 7 aromatic carbocycles. The second-order valence-corrected chi connectivity index (χ2v) is 22.4. The first-order valence-electron chi connectivity index (χ1n) is 23.6. The van der Waals surface area contributed by atoms with Crippen molar-refractivity contribution >= 4 is 80.3 Å². The molecule has 3 heterocycles. The number of carbonyl (C=O) groups excluding carboxylic acids is 3. The van der Waals surface area contributed by atoms with Gasteiger partial charge >= 0.3 is 5.97 Å². The number of ether oxygens (including phenoxy) is 2. The van der Waals surface area contributed by atoms with Crippen LogP contribution in [0.3, 0.4) is 0 Å². The highest BCUT2D eigenvalue weighted by Gasteiger charge is 2.55. The van der Waals surface area contributed by atoms with Crippen LogP contribution in [0.15, 0.2) is 228 Å². The van der Waals surface area contributed by atoms with E-state index in [2.05, 4.69) is 94.4 Å². The van der Waals surface area contributed by atoms with Gasteiger partial charge in [-0.15, -0.1) is 23.1 Å². The van der Waals surface area contributed by atoms with Gasteiger partial charge in [0, 0.05) is 11.1 Å². The quantitative estimate of drug-likeness (QED) is 0.0229. The maximum atomic E-state index is 14.8. The van der Waals surface area contributed by atoms with Crippen molar-refractivity contribution in [2.75, 3.05) is 25.3 Å². The molecular formula is C59H50N5O6PS2. The zero-order chi connectivity index (χ0) is 50.2. The number of aromatic nitrogens is 1. The molecule has 0 aliphatic carbocycles. The van der Waals surface area contributed by atoms with Crippen LogP contribution in [0.5, 0.6) is 5.75 Å². The molecule has 1 fully saturated rings. The lowest BCUT2D eigenvalue weighted by molar-refractivity contribution is -0.153. The first kappa shape index (κ1) is 48.7. The summed E-state index contributed by atoms with van der Waals surface area (Å²) in [6.07, 6.45) is 0. The molecule has 8 aromatic rings. The molecule has 2 amide bonds. The van der Waals surface area contributed by atoms with Crippen molar-refractivity contribution in [1.82, 2.24) is 15.2 Å². The van der Waals surface area contributed by atoms with Gasteiger partial charge in [-0.1, -0.05) is 199 Å². The van der Waals surface area contributed by atoms with Crippen LogP contribution < -0.4 is 31.3 Å². The summed E-state index contributed by atoms with van der Waals surface area (Å²) >= 11 is 2.78. The Morgan fingerprint density at radius 3 is 1.68 bits per heavy atom. The average Bonchev–Trinajstić information content (AvgIpc) is 3.93. The van der Waals surface area contributed by atoms with Gasteiger partial charge in [0.05, 0.1) is 7.11 Å². The number of hydrogen-bond donors (Lipinski definition) is 2. The minimum absolute atomic E-state index is 0.0412. The molecule has 14 heteroatoms. The van der Waals surface area contributed by atoms with Gasteiger partial charge in [0.1, 0.15) is 47.8 Å². The van der Waals surface area contributed by atoms with E-state index in [0.29, 0.717) is 22.2 Å². The van der Waals surface area contributed by atoms with E-state index in [1.807, 2.05) is 121 Å². The predicted octanol–water partition coefficient (Wildman–Crippen LogP) is 9.10. The minimum atomic E-state index is -2.65. The molecule has 10 rings (SSSR count). The molecule has 0 saturated carbocycles. The Kier molecular flexibility index (Phi) is 14.5. The van der Waals surface area contributed by atoms with Gasteiger partial charge in [0.25, 0.3) is 11.8 Å². The number of fused-ring (bicyclic) bond motifs is 1. The molecule has 2 atom stereocenters. The standard InChI is InChI=1S/C59H50N5O6PS2/c1-68-46-35-33-41(34-36-46)37-70-57(67)53-42(38-71(47-27-15-6-16-28-47,48-29-17-7-18-30-48)49-31-19-8-20-32-49)39-72-56-52(55(66)64(53)56)61-54(65)51(63-69-2)50-40-73-58(60-50)62-59(43-21-9-3-10-22-43,44-23-11-4-12-24-44)45-25-13-5-14-26-45/h3-36,38,40,52,56H,37,39H2,1-2H3,(H,60,62)(H,61,65)/b63-51+/t52?,56-/m1/s1. The van der Waals surface area contributed by atoms with Crippen molar-refractivity contribution in [3.8, 4) is 5.75 Å². The fraction of sp³-hybridized carbons (Fsp3) is 0.119. The first-order valence-corrected chi connectivity index (χ1v) is 27.3. The number of anilines is 1. The van der Waals surface area contributed by atoms with Crippen LogP contribution in [0.1, 0.15) is 27.9 Å². The molecule has 1 unspecified atom stereocenters. The highest BCUT2D eigenvalue weighted by atomic mass is 32.2. The molecule has 1 aromatic heterocycles. The van der Waals surface area contributed by atoms with E-state index in [4.69, 9.17) is 19.3 Å². The van der Waals surface area contributed by atoms with Crippen LogP contribution in [0.4, 0.5) is 5.13 Å². The highest BCUT2D eigenvalue weighted by Crippen LogP contribution is 2.48. The second kappa shape index (κ2) is 21.8. The molecule has 73 heavy (non-hydrogen) atoms. The molecule has 2 aliphatic heterocycles. The van der Waals surface area contributed by atoms with Gasteiger partial charge < -0.3 is 24.9 Å². The van der Waals surface area contributed by atoms with Gasteiger partial charge in [-0.3, -0.25) is 14.5 Å². The molecule has 364 valence electrons. The number of thioether (sulfide) groups is 1. The molecule has 0 radical (unpaired) electrons. The summed E-state index contributed by atoms with van der Waals surface area (Å²) < 4.78 is 11.4. The van der Waals surface area contributed by atoms with Gasteiger partial charge in [0.15, 0.2) is 10.8 Å². The summed E-state index contributed by atoms with van der Waals surface area (Å²) in [5.41, 5.74) is 3.75. The van der Waals surface area contributed by atoms with Crippen molar-refractivity contribution in [2.45, 2.75) is 23.6 Å². The van der Waals surface area contributed by atoms with Crippen molar-refractivity contribution in [3.63, 3.8) is 0 Å². The molecular weight excluding hydrogens is 970 g/mol. The zero-order valence-corrected chi connectivity index (χ0v) is 42.4. The minimum Gasteiger partial charge on any atom is -0.497 e. The number of carbonyl (C=O) groups is 3. The lowest BCUT2D eigenvalue weighted by Crippen LogP contribution is -2.71. The maximum absolute atomic E-state index is 14.8. The van der Waals surface area contributed by atoms with Crippen LogP contribution in [-0.4, -0.2) is 70.6 Å². The molecule has 2 N–H and O–H groups in total. The average molecular weight is 1020 g/mol. The highest BCUT2D eigenvalue weighted by molar-refractivity contribution is 8.00. The third kappa shape index (κ3) is 9.62. The van der Waals surface area contributed by atoms with E-state index >= 15 is 0 Å². The molecule has 0 bridgehead atoms. The lowest BCUT2D eigenvalue weighted by atomic mass is 9.77. The number of methoxy groups -OCH3 is 1. The summed E-state index contributed by atoms with van der Waals surface area (Å²) in [5.74, 6) is 1.44. The summed E-state index contributed by atoms with van der Waals surface area (Å²) in [5, 5.41) is 15.7. The van der Waals surface area contributed by atoms with E-state index in [9.17, 15) is 14.4 Å². The second-order valence-electron chi connectivity index (χ2n) is 17.2. The Morgan fingerprint density at radius 2 is 1.21 bits per heavy atom. The monoisotopic (exact) mass is 1020 g/mol. The Balaban J connectivity index is 0.992. The predicted molar refractivity (Wildman–Crippen MR) is 295 cm³/mol. The Bertz CT molecular complexity index is 3140. The van der Waals surface area contributed by atoms with E-state index in [1.165, 1.54) is 35.1 Å². The number of thiazole rings is 1. The van der Waals surface area contributed by atoms with E-state index in [1.54, 1.807) is 24.6 Å². The number of β-lactam (4-membered cyclic amide) rings is 1. The van der Waals surface area contributed by atoms with Crippen molar-refractivity contribution in [1.29, 1.82) is 0 Å². The third-order valence-electron chi connectivity index (χ3n) is 12.9. The SMILES string of the molecule is CO/N=C(/C(=O)NC1C(=O)N2C(C(=O)OCc3ccc(OC)cc3)=C(C=P(c3ccccc3)(c3ccccc3)c3ccccc3)CS[C@H]12)c1csc(NC(c2ccccc2)(c2ccccc2)c2ccccc2)n1. The van der Waals surface area contributed by atoms with Crippen LogP contribution >= 0.6 is 30.0 Å². The summed E-state index contributed by atoms with van der Waals surface area (Å²) in [4.78, 5) is 55.6. The van der Waals surface area contributed by atoms with Crippen molar-refractivity contribution in [3.05, 3.63) is 251 Å². The van der Waals surface area contributed by atoms with E-state index < -0.39 is 41.6 Å². The molecule has 1 saturated heterocycles. The Morgan fingerprint density at radius 1 is 0.712 bits per heavy atom. The molecule has 11 nitrogen and oxygen atoms in total. The zero-order valence-electron chi connectivity index (χ0n) is 39.9. The Hall–Kier alpha value is -7.96. The summed E-state index contributed by atoms with van der Waals surface area (Å²) in [7, 11) is 2.94. The van der Waals surface area contributed by atoms with Crippen LogP contribution in [-0.2, 0) is 36.1 Å². The number of oxime groups is 1. The van der Waals surface area contributed by atoms with Gasteiger partial charge in [0.2, 0.25) is 0 Å². The number of rotatable bonds is 17. The summed E-state index contributed by atoms with van der Waals surface area (Å²) in [6, 6.07) is 67.5. The maximum Gasteiger partial charge on any atom is 0.355 e. The topological polar surface area (TPSA) is 131 Å². The van der Waals surface area contributed by atoms with Gasteiger partial charge in [-0.25, -0.2) is 9.78 Å². The largest absolute Gasteiger partial charge is 0.497 e. The lowest BCUT2D eigenvalue weighted by Gasteiger charge is -2.49. The van der Waals surface area contributed by atoms with Gasteiger partial charge in [-0.05, 0) is 68.6 Å². The molecule has 2 aliphatic rings. The number of esters is 1. The normalized spacial score (nSPS) is 15.6. The molecule has 0 spiro atoms. The van der Waals surface area contributed by atoms with Crippen LogP contribution in [0.25, 0.3) is 0 Å². The fourth-order valence-corrected chi connectivity index (χ4v) is 15.6. The van der Waals surface area contributed by atoms with Crippen LogP contribution in [0, 0.1) is 0 Å². The number of nitrogens with one attached hydrogen (secondary N) is 2. The van der Waals surface area contributed by atoms with Crippen molar-refractivity contribution in [2.24, 2.45) is 5.16 Å². The number of benzene rings is 7. The van der Waals surface area contributed by atoms with Gasteiger partial charge in [-0.2, -0.15) is 0 Å². The third-order valence-corrected chi connectivity index (χ3v) is 19.0. The Labute approximate surface area is 432 Å². The van der Waals surface area contributed by atoms with Crippen LogP contribution in [0.2, 0.25) is 0 Å². The fourth-order valence-electron chi connectivity index (χ4n) is 9.45. The first-order chi connectivity index (χ1) is 35.8. The number of amides is 2. The van der Waals surface area contributed by atoms with Crippen molar-refractivity contribution < 1.29 is 28.7 Å².